The molecule has 3 aromatic rings. The Balaban J connectivity index is 1.73. The van der Waals surface area contributed by atoms with Crippen molar-refractivity contribution in [3.05, 3.63) is 57.9 Å². The molecule has 7 heteroatoms. The van der Waals surface area contributed by atoms with Gasteiger partial charge in [-0.15, -0.1) is 0 Å². The van der Waals surface area contributed by atoms with Crippen LogP contribution in [0.2, 0.25) is 0 Å². The third-order valence-electron chi connectivity index (χ3n) is 5.46. The van der Waals surface area contributed by atoms with Crippen LogP contribution in [0.5, 0.6) is 0 Å². The fourth-order valence-corrected chi connectivity index (χ4v) is 5.07. The van der Waals surface area contributed by atoms with Crippen molar-refractivity contribution in [2.45, 2.75) is 46.1 Å². The number of carbonyl (C=O) groups is 2. The summed E-state index contributed by atoms with van der Waals surface area (Å²) < 4.78 is 8.51. The molecule has 6 nitrogen and oxygen atoms in total. The summed E-state index contributed by atoms with van der Waals surface area (Å²) in [5, 5.41) is 2.81. The molecule has 31 heavy (non-hydrogen) atoms. The Kier molecular flexibility index (Phi) is 6.63. The first-order chi connectivity index (χ1) is 15.0. The number of hydrogen-bond acceptors (Lipinski definition) is 4. The number of aromatic nitrogens is 1. The van der Waals surface area contributed by atoms with Crippen molar-refractivity contribution in [2.75, 3.05) is 18.5 Å². The number of ether oxygens (including phenoxy) is 1. The van der Waals surface area contributed by atoms with Crippen LogP contribution in [-0.4, -0.2) is 29.6 Å². The molecule has 0 atom stereocenters. The highest BCUT2D eigenvalue weighted by Gasteiger charge is 2.14. The van der Waals surface area contributed by atoms with Gasteiger partial charge in [0.2, 0.25) is 5.91 Å². The lowest BCUT2D eigenvalue weighted by Gasteiger charge is -2.15. The van der Waals surface area contributed by atoms with E-state index in [9.17, 15) is 9.59 Å². The standard InChI is InChI=1S/C24H27N3O3S/c1-3-30-13-12-27-21-11-10-20(25-16(2)28)15-22(21)31-24(27)26-23(29)19-9-8-17-6-4-5-7-18(17)14-19/h8-11,14-15H,3-7,12-13H2,1-2H3,(H,25,28). The van der Waals surface area contributed by atoms with Gasteiger partial charge in [-0.2, -0.15) is 4.99 Å². The summed E-state index contributed by atoms with van der Waals surface area (Å²) in [5.41, 5.74) is 4.95. The lowest BCUT2D eigenvalue weighted by molar-refractivity contribution is -0.114. The number of anilines is 1. The topological polar surface area (TPSA) is 72.7 Å². The van der Waals surface area contributed by atoms with Gasteiger partial charge in [0.05, 0.1) is 16.8 Å². The molecule has 4 rings (SSSR count). The second-order valence-electron chi connectivity index (χ2n) is 7.70. The number of hydrogen-bond donors (Lipinski definition) is 1. The zero-order chi connectivity index (χ0) is 21.8. The maximum Gasteiger partial charge on any atom is 0.279 e. The molecule has 162 valence electrons. The summed E-state index contributed by atoms with van der Waals surface area (Å²) in [6.45, 7) is 5.22. The number of amides is 2. The third kappa shape index (κ3) is 4.94. The van der Waals surface area contributed by atoms with Crippen LogP contribution in [-0.2, 0) is 28.9 Å². The van der Waals surface area contributed by atoms with Crippen molar-refractivity contribution >= 4 is 39.1 Å². The number of rotatable bonds is 6. The summed E-state index contributed by atoms with van der Waals surface area (Å²) in [6, 6.07) is 11.7. The summed E-state index contributed by atoms with van der Waals surface area (Å²) in [4.78, 5) is 29.5. The predicted octanol–water partition coefficient (Wildman–Crippen LogP) is 4.32. The fourth-order valence-electron chi connectivity index (χ4n) is 3.97. The van der Waals surface area contributed by atoms with E-state index in [1.165, 1.54) is 42.2 Å². The Hall–Kier alpha value is -2.77. The molecule has 1 aliphatic carbocycles. The van der Waals surface area contributed by atoms with Crippen molar-refractivity contribution in [1.82, 2.24) is 4.57 Å². The minimum atomic E-state index is -0.229. The molecule has 0 radical (unpaired) electrons. The number of thiazole rings is 1. The van der Waals surface area contributed by atoms with Gasteiger partial charge in [0.25, 0.3) is 5.91 Å². The molecule has 2 aromatic carbocycles. The molecule has 2 amide bonds. The van der Waals surface area contributed by atoms with E-state index in [0.29, 0.717) is 30.1 Å². The van der Waals surface area contributed by atoms with E-state index < -0.39 is 0 Å². The second-order valence-corrected chi connectivity index (χ2v) is 8.71. The highest BCUT2D eigenvalue weighted by molar-refractivity contribution is 7.16. The summed E-state index contributed by atoms with van der Waals surface area (Å²) in [6.07, 6.45) is 4.50. The van der Waals surface area contributed by atoms with Crippen LogP contribution in [0.4, 0.5) is 5.69 Å². The minimum absolute atomic E-state index is 0.118. The maximum atomic E-state index is 13.0. The van der Waals surface area contributed by atoms with E-state index in [1.54, 1.807) is 0 Å². The molecule has 0 spiro atoms. The van der Waals surface area contributed by atoms with E-state index >= 15 is 0 Å². The first-order valence-corrected chi connectivity index (χ1v) is 11.6. The predicted molar refractivity (Wildman–Crippen MR) is 124 cm³/mol. The molecule has 0 saturated carbocycles. The zero-order valence-corrected chi connectivity index (χ0v) is 18.8. The first-order valence-electron chi connectivity index (χ1n) is 10.7. The quantitative estimate of drug-likeness (QED) is 0.584. The van der Waals surface area contributed by atoms with Gasteiger partial charge >= 0.3 is 0 Å². The Morgan fingerprint density at radius 1 is 1.13 bits per heavy atom. The molecule has 1 aliphatic rings. The molecule has 0 saturated heterocycles. The Labute approximate surface area is 185 Å². The average Bonchev–Trinajstić information content (AvgIpc) is 3.09. The summed E-state index contributed by atoms with van der Waals surface area (Å²) in [7, 11) is 0. The van der Waals surface area contributed by atoms with E-state index in [-0.39, 0.29) is 11.8 Å². The molecule has 0 aliphatic heterocycles. The lowest BCUT2D eigenvalue weighted by atomic mass is 9.90. The van der Waals surface area contributed by atoms with Crippen molar-refractivity contribution < 1.29 is 14.3 Å². The number of carbonyl (C=O) groups excluding carboxylic acids is 2. The molecule has 1 N–H and O–H groups in total. The van der Waals surface area contributed by atoms with Gasteiger partial charge in [-0.1, -0.05) is 17.4 Å². The number of nitrogens with zero attached hydrogens (tertiary/aromatic N) is 2. The Morgan fingerprint density at radius 3 is 2.71 bits per heavy atom. The van der Waals surface area contributed by atoms with E-state index in [0.717, 1.165) is 28.7 Å². The Morgan fingerprint density at radius 2 is 1.94 bits per heavy atom. The van der Waals surface area contributed by atoms with Crippen LogP contribution in [0, 0.1) is 0 Å². The smallest absolute Gasteiger partial charge is 0.279 e. The highest BCUT2D eigenvalue weighted by Crippen LogP contribution is 2.24. The lowest BCUT2D eigenvalue weighted by Crippen LogP contribution is -2.20. The molecular formula is C24H27N3O3S. The zero-order valence-electron chi connectivity index (χ0n) is 17.9. The molecular weight excluding hydrogens is 410 g/mol. The number of aryl methyl sites for hydroxylation is 2. The van der Waals surface area contributed by atoms with Crippen molar-refractivity contribution in [2.24, 2.45) is 4.99 Å². The van der Waals surface area contributed by atoms with Crippen molar-refractivity contribution in [3.63, 3.8) is 0 Å². The van der Waals surface area contributed by atoms with Crippen molar-refractivity contribution in [1.29, 1.82) is 0 Å². The van der Waals surface area contributed by atoms with Gasteiger partial charge < -0.3 is 14.6 Å². The van der Waals surface area contributed by atoms with Gasteiger partial charge in [0.15, 0.2) is 4.80 Å². The summed E-state index contributed by atoms with van der Waals surface area (Å²) >= 11 is 1.44. The van der Waals surface area contributed by atoms with Gasteiger partial charge in [-0.25, -0.2) is 0 Å². The normalized spacial score (nSPS) is 13.9. The number of nitrogens with one attached hydrogen (secondary N) is 1. The van der Waals surface area contributed by atoms with E-state index in [4.69, 9.17) is 4.74 Å². The van der Waals surface area contributed by atoms with Crippen LogP contribution >= 0.6 is 11.3 Å². The van der Waals surface area contributed by atoms with Crippen LogP contribution in [0.3, 0.4) is 0 Å². The average molecular weight is 438 g/mol. The SMILES string of the molecule is CCOCCn1c(=NC(=O)c2ccc3c(c2)CCCC3)sc2cc(NC(C)=O)ccc21. The first kappa shape index (κ1) is 21.5. The molecule has 1 heterocycles. The van der Waals surface area contributed by atoms with Gasteiger partial charge in [0, 0.05) is 31.3 Å². The monoisotopic (exact) mass is 437 g/mol. The fraction of sp³-hybridized carbons (Fsp3) is 0.375. The van der Waals surface area contributed by atoms with Gasteiger partial charge in [-0.3, -0.25) is 9.59 Å². The van der Waals surface area contributed by atoms with Crippen LogP contribution < -0.4 is 10.1 Å². The third-order valence-corrected chi connectivity index (χ3v) is 6.50. The van der Waals surface area contributed by atoms with Crippen LogP contribution in [0.15, 0.2) is 41.4 Å². The molecule has 0 unspecified atom stereocenters. The molecule has 0 fully saturated rings. The minimum Gasteiger partial charge on any atom is -0.380 e. The van der Waals surface area contributed by atoms with E-state index in [2.05, 4.69) is 16.4 Å². The highest BCUT2D eigenvalue weighted by atomic mass is 32.1. The van der Waals surface area contributed by atoms with Gasteiger partial charge in [0.1, 0.15) is 0 Å². The van der Waals surface area contributed by atoms with Crippen molar-refractivity contribution in [3.8, 4) is 0 Å². The molecule has 0 bridgehead atoms. The van der Waals surface area contributed by atoms with E-state index in [1.807, 2.05) is 41.8 Å². The number of benzene rings is 2. The largest absolute Gasteiger partial charge is 0.380 e. The van der Waals surface area contributed by atoms with Crippen LogP contribution in [0.1, 0.15) is 48.2 Å². The summed E-state index contributed by atoms with van der Waals surface area (Å²) in [5.74, 6) is -0.347. The Bertz CT molecular complexity index is 1190. The number of fused-ring (bicyclic) bond motifs is 2. The maximum absolute atomic E-state index is 13.0. The second kappa shape index (κ2) is 9.58. The van der Waals surface area contributed by atoms with Crippen LogP contribution in [0.25, 0.3) is 10.2 Å². The van der Waals surface area contributed by atoms with Gasteiger partial charge in [-0.05, 0) is 74.1 Å². The molecule has 1 aromatic heterocycles.